The molecular weight excluding hydrogens is 686 g/mol. The van der Waals surface area contributed by atoms with E-state index < -0.39 is 17.8 Å². The molecule has 0 spiro atoms. The van der Waals surface area contributed by atoms with Crippen LogP contribution in [0.4, 0.5) is 16.2 Å². The van der Waals surface area contributed by atoms with E-state index in [1.54, 1.807) is 12.1 Å². The van der Waals surface area contributed by atoms with Crippen LogP contribution in [0.3, 0.4) is 0 Å². The lowest BCUT2D eigenvalue weighted by Gasteiger charge is -2.44. The standard InChI is InChI=1S/C44H38ClN3O5/c1-2-52-39-24-29(23-38(45)41(39)53-27-28-12-6-3-7-13-28)22-37-42(49)46-44(51)48(43(37)50)32-25-35-33(30-14-8-4-9-15-30)18-20-47-21-19-34(36(26-32)40(35)47)31-16-10-5-11-17-31/h3-17,22-26,33-34H,2,18-21,27H2,1H3,(H,46,49,51)/b37-22+/t33-,34-/m1/s1. The van der Waals surface area contributed by atoms with Gasteiger partial charge in [0.1, 0.15) is 12.2 Å². The average molecular weight is 724 g/mol. The summed E-state index contributed by atoms with van der Waals surface area (Å²) in [5, 5.41) is 2.68. The van der Waals surface area contributed by atoms with Gasteiger partial charge < -0.3 is 14.4 Å². The molecule has 9 heteroatoms. The van der Waals surface area contributed by atoms with Gasteiger partial charge >= 0.3 is 6.03 Å². The van der Waals surface area contributed by atoms with Crippen molar-refractivity contribution in [3.63, 3.8) is 0 Å². The molecule has 5 aromatic rings. The number of rotatable bonds is 9. The van der Waals surface area contributed by atoms with Crippen LogP contribution < -0.4 is 24.6 Å². The number of carbonyl (C=O) groups excluding carboxylic acids is 3. The minimum Gasteiger partial charge on any atom is -0.490 e. The fraction of sp³-hybridized carbons (Fsp3) is 0.205. The summed E-state index contributed by atoms with van der Waals surface area (Å²) in [6.45, 7) is 4.28. The third kappa shape index (κ3) is 6.66. The first kappa shape index (κ1) is 34.2. The van der Waals surface area contributed by atoms with Crippen LogP contribution in [0.2, 0.25) is 5.02 Å². The summed E-state index contributed by atoms with van der Waals surface area (Å²) in [7, 11) is 0. The number of halogens is 1. The molecule has 0 unspecified atom stereocenters. The Morgan fingerprint density at radius 2 is 1.36 bits per heavy atom. The molecule has 5 aromatic carbocycles. The SMILES string of the molecule is CCOc1cc(/C=C2\C(=O)NC(=O)N(c3cc4c5c(c3)[C@@H](c3ccccc3)CCN5CC[C@@H]4c3ccccc3)C2=O)cc(Cl)c1OCc1ccccc1. The lowest BCUT2D eigenvalue weighted by atomic mass is 9.76. The quantitative estimate of drug-likeness (QED) is 0.121. The molecule has 3 aliphatic rings. The zero-order valence-electron chi connectivity index (χ0n) is 29.3. The Hall–Kier alpha value is -5.86. The Bertz CT molecular complexity index is 2150. The molecule has 3 heterocycles. The van der Waals surface area contributed by atoms with Crippen molar-refractivity contribution in [3.8, 4) is 11.5 Å². The lowest BCUT2D eigenvalue weighted by Crippen LogP contribution is -2.54. The van der Waals surface area contributed by atoms with Crippen LogP contribution in [0, 0.1) is 0 Å². The van der Waals surface area contributed by atoms with Crippen molar-refractivity contribution in [1.82, 2.24) is 5.32 Å². The number of nitrogens with zero attached hydrogens (tertiary/aromatic N) is 2. The van der Waals surface area contributed by atoms with Gasteiger partial charge in [-0.3, -0.25) is 14.9 Å². The number of hydrogen-bond acceptors (Lipinski definition) is 6. The van der Waals surface area contributed by atoms with Gasteiger partial charge in [0.25, 0.3) is 11.8 Å². The maximum Gasteiger partial charge on any atom is 0.335 e. The topological polar surface area (TPSA) is 88.2 Å². The molecular formula is C44H38ClN3O5. The van der Waals surface area contributed by atoms with Crippen LogP contribution in [-0.4, -0.2) is 37.5 Å². The van der Waals surface area contributed by atoms with Crippen LogP contribution in [0.15, 0.2) is 121 Å². The summed E-state index contributed by atoms with van der Waals surface area (Å²) >= 11 is 6.73. The molecule has 1 N–H and O–H groups in total. The van der Waals surface area contributed by atoms with E-state index in [-0.39, 0.29) is 29.0 Å². The Kier molecular flexibility index (Phi) is 9.46. The Balaban J connectivity index is 1.20. The zero-order valence-corrected chi connectivity index (χ0v) is 30.0. The fourth-order valence-electron chi connectivity index (χ4n) is 7.83. The molecule has 0 saturated carbocycles. The van der Waals surface area contributed by atoms with Gasteiger partial charge in [-0.2, -0.15) is 0 Å². The lowest BCUT2D eigenvalue weighted by molar-refractivity contribution is -0.122. The maximum atomic E-state index is 14.4. The van der Waals surface area contributed by atoms with E-state index in [4.69, 9.17) is 21.1 Å². The van der Waals surface area contributed by atoms with E-state index in [1.165, 1.54) is 22.9 Å². The number of amides is 4. The highest BCUT2D eigenvalue weighted by molar-refractivity contribution is 6.39. The molecule has 0 aromatic heterocycles. The summed E-state index contributed by atoms with van der Waals surface area (Å²) in [5.74, 6) is -0.649. The molecule has 8 rings (SSSR count). The molecule has 0 radical (unpaired) electrons. The number of imide groups is 2. The zero-order chi connectivity index (χ0) is 36.5. The van der Waals surface area contributed by atoms with Crippen molar-refractivity contribution in [1.29, 1.82) is 0 Å². The normalized spacial score (nSPS) is 18.8. The first-order valence-corrected chi connectivity index (χ1v) is 18.3. The molecule has 0 bridgehead atoms. The second kappa shape index (κ2) is 14.6. The summed E-state index contributed by atoms with van der Waals surface area (Å²) in [6, 6.07) is 36.8. The van der Waals surface area contributed by atoms with Crippen LogP contribution in [0.5, 0.6) is 11.5 Å². The molecule has 53 heavy (non-hydrogen) atoms. The van der Waals surface area contributed by atoms with Gasteiger partial charge in [0.05, 0.1) is 17.3 Å². The fourth-order valence-corrected chi connectivity index (χ4v) is 8.10. The van der Waals surface area contributed by atoms with Gasteiger partial charge in [-0.1, -0.05) is 103 Å². The molecule has 3 aliphatic heterocycles. The van der Waals surface area contributed by atoms with Gasteiger partial charge in [-0.05, 0) is 83.5 Å². The predicted octanol–water partition coefficient (Wildman–Crippen LogP) is 8.86. The number of carbonyl (C=O) groups is 3. The van der Waals surface area contributed by atoms with Gasteiger partial charge in [-0.15, -0.1) is 0 Å². The maximum absolute atomic E-state index is 14.4. The van der Waals surface area contributed by atoms with E-state index in [0.29, 0.717) is 29.4 Å². The van der Waals surface area contributed by atoms with E-state index >= 15 is 0 Å². The van der Waals surface area contributed by atoms with Crippen molar-refractivity contribution >= 4 is 46.9 Å². The largest absolute Gasteiger partial charge is 0.490 e. The number of hydrogen-bond donors (Lipinski definition) is 1. The first-order valence-electron chi connectivity index (χ1n) is 18.0. The number of nitrogens with one attached hydrogen (secondary N) is 1. The van der Waals surface area contributed by atoms with E-state index in [1.807, 2.05) is 85.8 Å². The van der Waals surface area contributed by atoms with Crippen molar-refractivity contribution in [2.45, 2.75) is 38.2 Å². The van der Waals surface area contributed by atoms with Crippen molar-refractivity contribution in [2.24, 2.45) is 0 Å². The number of urea groups is 1. The smallest absolute Gasteiger partial charge is 0.335 e. The molecule has 266 valence electrons. The van der Waals surface area contributed by atoms with Crippen LogP contribution in [0.25, 0.3) is 6.08 Å². The minimum absolute atomic E-state index is 0.0667. The Labute approximate surface area is 313 Å². The van der Waals surface area contributed by atoms with Gasteiger partial charge in [0, 0.05) is 30.6 Å². The second-order valence-corrected chi connectivity index (χ2v) is 13.9. The number of ether oxygens (including phenoxy) is 2. The van der Waals surface area contributed by atoms with Crippen LogP contribution in [-0.2, 0) is 16.2 Å². The van der Waals surface area contributed by atoms with Crippen molar-refractivity contribution < 1.29 is 23.9 Å². The molecule has 8 nitrogen and oxygen atoms in total. The third-order valence-electron chi connectivity index (χ3n) is 10.2. The van der Waals surface area contributed by atoms with Gasteiger partial charge in [0.2, 0.25) is 0 Å². The van der Waals surface area contributed by atoms with E-state index in [9.17, 15) is 14.4 Å². The molecule has 1 fully saturated rings. The van der Waals surface area contributed by atoms with Gasteiger partial charge in [0.15, 0.2) is 11.5 Å². The monoisotopic (exact) mass is 723 g/mol. The summed E-state index contributed by atoms with van der Waals surface area (Å²) < 4.78 is 12.0. The molecule has 2 atom stereocenters. The highest BCUT2D eigenvalue weighted by Gasteiger charge is 2.40. The molecule has 1 saturated heterocycles. The predicted molar refractivity (Wildman–Crippen MR) is 207 cm³/mol. The van der Waals surface area contributed by atoms with Gasteiger partial charge in [-0.25, -0.2) is 9.69 Å². The summed E-state index contributed by atoms with van der Waals surface area (Å²) in [5.41, 5.74) is 7.28. The highest BCUT2D eigenvalue weighted by Crippen LogP contribution is 2.50. The Morgan fingerprint density at radius 3 is 1.94 bits per heavy atom. The molecule has 0 aliphatic carbocycles. The third-order valence-corrected chi connectivity index (χ3v) is 10.5. The number of barbiturate groups is 1. The minimum atomic E-state index is -0.794. The van der Waals surface area contributed by atoms with E-state index in [2.05, 4.69) is 34.5 Å². The van der Waals surface area contributed by atoms with Crippen molar-refractivity contribution in [3.05, 3.63) is 159 Å². The van der Waals surface area contributed by atoms with Crippen LogP contribution in [0.1, 0.15) is 65.0 Å². The second-order valence-electron chi connectivity index (χ2n) is 13.5. The summed E-state index contributed by atoms with van der Waals surface area (Å²) in [6.07, 6.45) is 3.23. The highest BCUT2D eigenvalue weighted by atomic mass is 35.5. The van der Waals surface area contributed by atoms with Crippen LogP contribution >= 0.6 is 11.6 Å². The number of anilines is 2. The molecule has 4 amide bonds. The number of benzene rings is 5. The first-order chi connectivity index (χ1) is 25.9. The van der Waals surface area contributed by atoms with E-state index in [0.717, 1.165) is 47.5 Å². The summed E-state index contributed by atoms with van der Waals surface area (Å²) in [4.78, 5) is 44.9. The van der Waals surface area contributed by atoms with Crippen molar-refractivity contribution in [2.75, 3.05) is 29.5 Å². The Morgan fingerprint density at radius 1 is 0.774 bits per heavy atom. The average Bonchev–Trinajstić information content (AvgIpc) is 3.17.